The Labute approximate surface area is 151 Å². The van der Waals surface area contributed by atoms with Crippen molar-refractivity contribution in [3.05, 3.63) is 28.9 Å². The summed E-state index contributed by atoms with van der Waals surface area (Å²) in [5, 5.41) is 11.1. The minimum absolute atomic E-state index is 0.687. The Balaban J connectivity index is 1.67. The van der Waals surface area contributed by atoms with E-state index in [4.69, 9.17) is 5.41 Å². The lowest BCUT2D eigenvalue weighted by molar-refractivity contribution is 0.112. The summed E-state index contributed by atoms with van der Waals surface area (Å²) in [5.74, 6) is 1.02. The monoisotopic (exact) mass is 357 g/mol. The summed E-state index contributed by atoms with van der Waals surface area (Å²) in [6.07, 6.45) is 8.03. The van der Waals surface area contributed by atoms with Crippen molar-refractivity contribution in [3.8, 4) is 10.6 Å². The molecule has 0 aliphatic carbocycles. The number of pyridine rings is 1. The number of carbonyl (C=O) groups is 1. The first kappa shape index (κ1) is 17.7. The second-order valence-electron chi connectivity index (χ2n) is 6.04. The molecule has 1 saturated heterocycles. The Morgan fingerprint density at radius 2 is 2.12 bits per heavy atom. The van der Waals surface area contributed by atoms with Crippen LogP contribution in [-0.2, 0) is 6.42 Å². The van der Waals surface area contributed by atoms with Gasteiger partial charge in [0.1, 0.15) is 10.8 Å². The van der Waals surface area contributed by atoms with Crippen LogP contribution in [0, 0.1) is 5.41 Å². The van der Waals surface area contributed by atoms with E-state index < -0.39 is 0 Å². The molecule has 1 aliphatic heterocycles. The smallest absolute Gasteiger partial charge is 0.161 e. The Kier molecular flexibility index (Phi) is 6.25. The van der Waals surface area contributed by atoms with E-state index in [1.54, 1.807) is 0 Å². The first-order valence-corrected chi connectivity index (χ1v) is 9.49. The van der Waals surface area contributed by atoms with Crippen molar-refractivity contribution in [3.63, 3.8) is 0 Å². The number of rotatable bonds is 9. The quantitative estimate of drug-likeness (QED) is 0.410. The number of nitrogens with one attached hydrogen (secondary N) is 2. The third-order valence-electron chi connectivity index (χ3n) is 4.26. The summed E-state index contributed by atoms with van der Waals surface area (Å²) in [5.41, 5.74) is 1.79. The third-order valence-corrected chi connectivity index (χ3v) is 5.34. The summed E-state index contributed by atoms with van der Waals surface area (Å²) in [4.78, 5) is 23.5. The molecule has 0 unspecified atom stereocenters. The zero-order chi connectivity index (χ0) is 17.5. The fourth-order valence-electron chi connectivity index (χ4n) is 2.91. The number of anilines is 1. The van der Waals surface area contributed by atoms with E-state index in [0.717, 1.165) is 61.0 Å². The van der Waals surface area contributed by atoms with Crippen LogP contribution in [0.5, 0.6) is 0 Å². The number of hydrogen-bond donors (Lipinski definition) is 2. The van der Waals surface area contributed by atoms with Crippen LogP contribution in [0.25, 0.3) is 10.6 Å². The number of hydrogen-bond acceptors (Lipinski definition) is 7. The van der Waals surface area contributed by atoms with Crippen LogP contribution in [0.2, 0.25) is 0 Å². The van der Waals surface area contributed by atoms with Crippen LogP contribution in [0.1, 0.15) is 34.6 Å². The van der Waals surface area contributed by atoms with Gasteiger partial charge in [0.15, 0.2) is 6.29 Å². The first-order valence-electron chi connectivity index (χ1n) is 8.67. The molecule has 1 aliphatic rings. The van der Waals surface area contributed by atoms with Crippen LogP contribution >= 0.6 is 11.3 Å². The molecule has 132 valence electrons. The van der Waals surface area contributed by atoms with E-state index in [1.807, 2.05) is 18.3 Å². The molecule has 2 N–H and O–H groups in total. The molecular formula is C18H23N5OS. The van der Waals surface area contributed by atoms with Gasteiger partial charge in [0.2, 0.25) is 0 Å². The molecular weight excluding hydrogens is 334 g/mol. The van der Waals surface area contributed by atoms with Crippen LogP contribution in [0.15, 0.2) is 18.3 Å². The molecule has 3 heterocycles. The maximum Gasteiger partial charge on any atom is 0.161 e. The van der Waals surface area contributed by atoms with Gasteiger partial charge in [0.05, 0.1) is 10.6 Å². The van der Waals surface area contributed by atoms with Gasteiger partial charge >= 0.3 is 0 Å². The molecule has 3 rings (SSSR count). The van der Waals surface area contributed by atoms with Gasteiger partial charge in [-0.15, -0.1) is 11.3 Å². The number of nitrogens with zero attached hydrogens (tertiary/aromatic N) is 3. The van der Waals surface area contributed by atoms with E-state index in [9.17, 15) is 4.79 Å². The summed E-state index contributed by atoms with van der Waals surface area (Å²) in [6.45, 7) is 3.69. The lowest BCUT2D eigenvalue weighted by Crippen LogP contribution is -2.19. The SMILES string of the molecule is N=CCCNCCc1nc(-c2ccc(N3CCCC3)nc2)sc1C=O. The number of aromatic nitrogens is 2. The van der Waals surface area contributed by atoms with Gasteiger partial charge in [-0.25, -0.2) is 9.97 Å². The maximum absolute atomic E-state index is 11.3. The van der Waals surface area contributed by atoms with Crippen molar-refractivity contribution in [2.45, 2.75) is 25.7 Å². The van der Waals surface area contributed by atoms with Gasteiger partial charge in [-0.3, -0.25) is 4.79 Å². The van der Waals surface area contributed by atoms with E-state index >= 15 is 0 Å². The van der Waals surface area contributed by atoms with Crippen molar-refractivity contribution in [1.82, 2.24) is 15.3 Å². The van der Waals surface area contributed by atoms with E-state index in [1.165, 1.54) is 30.4 Å². The van der Waals surface area contributed by atoms with Crippen LogP contribution in [-0.4, -0.2) is 48.6 Å². The molecule has 2 aromatic rings. The predicted molar refractivity (Wildman–Crippen MR) is 102 cm³/mol. The number of thiazole rings is 1. The average Bonchev–Trinajstić information content (AvgIpc) is 3.31. The van der Waals surface area contributed by atoms with Crippen molar-refractivity contribution >= 4 is 29.7 Å². The van der Waals surface area contributed by atoms with E-state index in [0.29, 0.717) is 11.3 Å². The fraction of sp³-hybridized carbons (Fsp3) is 0.444. The third kappa shape index (κ3) is 4.49. The van der Waals surface area contributed by atoms with Gasteiger partial charge in [-0.1, -0.05) is 0 Å². The lowest BCUT2D eigenvalue weighted by Gasteiger charge is -2.15. The summed E-state index contributed by atoms with van der Waals surface area (Å²) in [6, 6.07) is 4.08. The van der Waals surface area contributed by atoms with Gasteiger partial charge in [-0.2, -0.15) is 0 Å². The molecule has 2 aromatic heterocycles. The summed E-state index contributed by atoms with van der Waals surface area (Å²) < 4.78 is 0. The zero-order valence-electron chi connectivity index (χ0n) is 14.2. The van der Waals surface area contributed by atoms with Crippen LogP contribution in [0.3, 0.4) is 0 Å². The molecule has 0 spiro atoms. The highest BCUT2D eigenvalue weighted by atomic mass is 32.1. The molecule has 0 bridgehead atoms. The minimum atomic E-state index is 0.687. The lowest BCUT2D eigenvalue weighted by atomic mass is 10.2. The second-order valence-corrected chi connectivity index (χ2v) is 7.07. The predicted octanol–water partition coefficient (Wildman–Crippen LogP) is 2.79. The van der Waals surface area contributed by atoms with Gasteiger partial charge in [0, 0.05) is 44.4 Å². The summed E-state index contributed by atoms with van der Waals surface area (Å²) in [7, 11) is 0. The maximum atomic E-state index is 11.3. The molecule has 0 atom stereocenters. The highest BCUT2D eigenvalue weighted by molar-refractivity contribution is 7.16. The van der Waals surface area contributed by atoms with Crippen molar-refractivity contribution in [1.29, 1.82) is 5.41 Å². The van der Waals surface area contributed by atoms with E-state index in [2.05, 4.69) is 20.2 Å². The highest BCUT2D eigenvalue weighted by Crippen LogP contribution is 2.28. The van der Waals surface area contributed by atoms with Crippen LogP contribution in [0.4, 0.5) is 5.82 Å². The van der Waals surface area contributed by atoms with Crippen molar-refractivity contribution in [2.24, 2.45) is 0 Å². The topological polar surface area (TPSA) is 82.0 Å². The van der Waals surface area contributed by atoms with Crippen molar-refractivity contribution < 1.29 is 4.79 Å². The number of carbonyl (C=O) groups excluding carboxylic acids is 1. The first-order chi connectivity index (χ1) is 12.3. The number of aldehydes is 1. The Hall–Kier alpha value is -2.12. The molecule has 7 heteroatoms. The van der Waals surface area contributed by atoms with Crippen LogP contribution < -0.4 is 10.2 Å². The normalized spacial score (nSPS) is 14.0. The molecule has 0 radical (unpaired) electrons. The highest BCUT2D eigenvalue weighted by Gasteiger charge is 2.15. The summed E-state index contributed by atoms with van der Waals surface area (Å²) >= 11 is 1.42. The molecule has 1 fully saturated rings. The van der Waals surface area contributed by atoms with Gasteiger partial charge in [0.25, 0.3) is 0 Å². The minimum Gasteiger partial charge on any atom is -0.357 e. The molecule has 6 nitrogen and oxygen atoms in total. The zero-order valence-corrected chi connectivity index (χ0v) is 15.0. The Morgan fingerprint density at radius 3 is 2.80 bits per heavy atom. The fourth-order valence-corrected chi connectivity index (χ4v) is 3.83. The molecule has 0 saturated carbocycles. The molecule has 25 heavy (non-hydrogen) atoms. The standard InChI is InChI=1S/C18H23N5OS/c19-7-3-8-20-9-6-15-16(13-24)25-18(22-15)14-4-5-17(21-12-14)23-10-1-2-11-23/h4-5,7,12-13,19-20H,1-3,6,8-11H2. The second kappa shape index (κ2) is 8.82. The largest absolute Gasteiger partial charge is 0.357 e. The Morgan fingerprint density at radius 1 is 1.28 bits per heavy atom. The van der Waals surface area contributed by atoms with Gasteiger partial charge < -0.3 is 15.6 Å². The molecule has 0 aromatic carbocycles. The van der Waals surface area contributed by atoms with Crippen molar-refractivity contribution in [2.75, 3.05) is 31.1 Å². The Bertz CT molecular complexity index is 707. The molecule has 0 amide bonds. The average molecular weight is 357 g/mol. The van der Waals surface area contributed by atoms with E-state index in [-0.39, 0.29) is 0 Å². The van der Waals surface area contributed by atoms with Gasteiger partial charge in [-0.05, 0) is 37.6 Å².